The van der Waals surface area contributed by atoms with Gasteiger partial charge in [-0.05, 0) is 38.8 Å². The van der Waals surface area contributed by atoms with E-state index in [1.54, 1.807) is 0 Å². The minimum atomic E-state index is 0.328. The fourth-order valence-corrected chi connectivity index (χ4v) is 3.53. The second kappa shape index (κ2) is 6.91. The Hall–Kier alpha value is -1.07. The summed E-state index contributed by atoms with van der Waals surface area (Å²) in [6.45, 7) is 4.30. The number of hydrazine groups is 1. The van der Waals surface area contributed by atoms with Gasteiger partial charge in [-0.3, -0.25) is 5.43 Å². The summed E-state index contributed by atoms with van der Waals surface area (Å²) < 4.78 is 0. The average molecular weight is 280 g/mol. The lowest BCUT2D eigenvalue weighted by Gasteiger charge is -2.17. The fourth-order valence-electron chi connectivity index (χ4n) is 2.51. The minimum absolute atomic E-state index is 0.328. The van der Waals surface area contributed by atoms with Crippen molar-refractivity contribution >= 4 is 17.3 Å². The lowest BCUT2D eigenvalue weighted by molar-refractivity contribution is 0.628. The Morgan fingerprint density at radius 3 is 2.79 bits per heavy atom. The highest BCUT2D eigenvalue weighted by Gasteiger charge is 2.15. The Kier molecular flexibility index (Phi) is 5.22. The molecule has 1 heterocycles. The van der Waals surface area contributed by atoms with Crippen LogP contribution in [0.2, 0.25) is 0 Å². The Balaban J connectivity index is 1.86. The van der Waals surface area contributed by atoms with Gasteiger partial charge < -0.3 is 5.32 Å². The van der Waals surface area contributed by atoms with Crippen LogP contribution in [0.1, 0.15) is 42.4 Å². The fraction of sp³-hybridized carbons (Fsp3) is 0.643. The van der Waals surface area contributed by atoms with Crippen LogP contribution in [-0.2, 0) is 6.42 Å². The number of nitrogens with one attached hydrogen (secondary N) is 2. The summed E-state index contributed by atoms with van der Waals surface area (Å²) in [7, 11) is 0. The zero-order chi connectivity index (χ0) is 13.7. The SMILES string of the molecule is Cc1ccc(CC(C)NC(=NC2CCCC2)NN)s1. The van der Waals surface area contributed by atoms with Crippen molar-refractivity contribution in [3.8, 4) is 0 Å². The van der Waals surface area contributed by atoms with E-state index in [0.717, 1.165) is 12.4 Å². The van der Waals surface area contributed by atoms with Gasteiger partial charge in [0.2, 0.25) is 5.96 Å². The molecule has 0 spiro atoms. The first kappa shape index (κ1) is 14.3. The summed E-state index contributed by atoms with van der Waals surface area (Å²) in [6.07, 6.45) is 5.95. The van der Waals surface area contributed by atoms with Gasteiger partial charge in [-0.25, -0.2) is 10.8 Å². The van der Waals surface area contributed by atoms with E-state index in [9.17, 15) is 0 Å². The van der Waals surface area contributed by atoms with Crippen LogP contribution >= 0.6 is 11.3 Å². The van der Waals surface area contributed by atoms with Crippen LogP contribution < -0.4 is 16.6 Å². The Morgan fingerprint density at radius 2 is 2.21 bits per heavy atom. The largest absolute Gasteiger partial charge is 0.353 e. The summed E-state index contributed by atoms with van der Waals surface area (Å²) in [6, 6.07) is 5.13. The summed E-state index contributed by atoms with van der Waals surface area (Å²) >= 11 is 1.85. The number of aryl methyl sites for hydroxylation is 1. The number of hydrogen-bond donors (Lipinski definition) is 3. The number of aliphatic imine (C=N–C) groups is 1. The second-order valence-corrected chi connectivity index (χ2v) is 6.69. The van der Waals surface area contributed by atoms with Gasteiger partial charge in [0.1, 0.15) is 0 Å². The third-order valence-electron chi connectivity index (χ3n) is 3.46. The molecule has 1 aromatic heterocycles. The standard InChI is InChI=1S/C14H24N4S/c1-10(9-13-8-7-11(2)19-13)16-14(18-15)17-12-5-3-4-6-12/h7-8,10,12H,3-6,9,15H2,1-2H3,(H2,16,17,18). The molecule has 0 aromatic carbocycles. The van der Waals surface area contributed by atoms with Crippen LogP contribution in [0.4, 0.5) is 0 Å². The van der Waals surface area contributed by atoms with Crippen molar-refractivity contribution in [2.24, 2.45) is 10.8 Å². The summed E-state index contributed by atoms with van der Waals surface area (Å²) in [4.78, 5) is 7.41. The molecule has 106 valence electrons. The first-order valence-electron chi connectivity index (χ1n) is 7.03. The number of guanidine groups is 1. The quantitative estimate of drug-likeness (QED) is 0.343. The van der Waals surface area contributed by atoms with Gasteiger partial charge in [-0.2, -0.15) is 0 Å². The molecule has 0 bridgehead atoms. The van der Waals surface area contributed by atoms with Gasteiger partial charge in [0.25, 0.3) is 0 Å². The molecule has 1 aromatic rings. The molecule has 19 heavy (non-hydrogen) atoms. The molecule has 1 aliphatic carbocycles. The molecule has 0 saturated heterocycles. The first-order chi connectivity index (χ1) is 9.17. The van der Waals surface area contributed by atoms with Crippen molar-refractivity contribution in [1.82, 2.24) is 10.7 Å². The smallest absolute Gasteiger partial charge is 0.206 e. The monoisotopic (exact) mass is 280 g/mol. The van der Waals surface area contributed by atoms with Gasteiger partial charge in [0, 0.05) is 22.2 Å². The molecule has 1 aliphatic rings. The highest BCUT2D eigenvalue weighted by molar-refractivity contribution is 7.11. The van der Waals surface area contributed by atoms with Crippen LogP contribution in [0.15, 0.2) is 17.1 Å². The van der Waals surface area contributed by atoms with Crippen molar-refractivity contribution in [3.05, 3.63) is 21.9 Å². The Bertz CT molecular complexity index is 421. The summed E-state index contributed by atoms with van der Waals surface area (Å²) in [5.41, 5.74) is 2.69. The van der Waals surface area contributed by atoms with Gasteiger partial charge in [-0.1, -0.05) is 12.8 Å². The summed E-state index contributed by atoms with van der Waals surface area (Å²) in [5.74, 6) is 6.29. The van der Waals surface area contributed by atoms with Crippen molar-refractivity contribution in [2.45, 2.75) is 58.0 Å². The van der Waals surface area contributed by atoms with Gasteiger partial charge >= 0.3 is 0 Å². The van der Waals surface area contributed by atoms with Crippen LogP contribution in [0.25, 0.3) is 0 Å². The maximum Gasteiger partial charge on any atom is 0.206 e. The Morgan fingerprint density at radius 1 is 1.47 bits per heavy atom. The van der Waals surface area contributed by atoms with Gasteiger partial charge in [0.15, 0.2) is 0 Å². The number of thiophene rings is 1. The molecule has 1 atom stereocenters. The molecule has 0 amide bonds. The molecular weight excluding hydrogens is 256 g/mol. The highest BCUT2D eigenvalue weighted by atomic mass is 32.1. The molecule has 5 heteroatoms. The van der Waals surface area contributed by atoms with Gasteiger partial charge in [-0.15, -0.1) is 11.3 Å². The molecular formula is C14H24N4S. The van der Waals surface area contributed by atoms with Crippen molar-refractivity contribution < 1.29 is 0 Å². The molecule has 4 N–H and O–H groups in total. The molecule has 1 fully saturated rings. The van der Waals surface area contributed by atoms with Crippen molar-refractivity contribution in [1.29, 1.82) is 0 Å². The average Bonchev–Trinajstić information content (AvgIpc) is 3.00. The topological polar surface area (TPSA) is 62.4 Å². The van der Waals surface area contributed by atoms with E-state index < -0.39 is 0 Å². The normalized spacial score (nSPS) is 18.6. The van der Waals surface area contributed by atoms with E-state index in [1.807, 2.05) is 11.3 Å². The molecule has 0 aliphatic heterocycles. The predicted octanol–water partition coefficient (Wildman–Crippen LogP) is 2.34. The van der Waals surface area contributed by atoms with Crippen molar-refractivity contribution in [2.75, 3.05) is 0 Å². The molecule has 0 radical (unpaired) electrons. The molecule has 1 saturated carbocycles. The molecule has 4 nitrogen and oxygen atoms in total. The zero-order valence-corrected chi connectivity index (χ0v) is 12.6. The third-order valence-corrected chi connectivity index (χ3v) is 4.48. The van der Waals surface area contributed by atoms with Crippen LogP contribution in [0, 0.1) is 6.92 Å². The molecule has 1 unspecified atom stereocenters. The highest BCUT2D eigenvalue weighted by Crippen LogP contribution is 2.21. The molecule has 2 rings (SSSR count). The van der Waals surface area contributed by atoms with E-state index in [1.165, 1.54) is 35.4 Å². The lowest BCUT2D eigenvalue weighted by atomic mass is 10.2. The van der Waals surface area contributed by atoms with E-state index in [0.29, 0.717) is 12.1 Å². The first-order valence-corrected chi connectivity index (χ1v) is 7.85. The van der Waals surface area contributed by atoms with E-state index in [-0.39, 0.29) is 0 Å². The number of rotatable bonds is 4. The second-order valence-electron chi connectivity index (χ2n) is 5.32. The number of hydrogen-bond acceptors (Lipinski definition) is 3. The van der Waals surface area contributed by atoms with Crippen LogP contribution in [-0.4, -0.2) is 18.0 Å². The summed E-state index contributed by atoms with van der Waals surface area (Å²) in [5, 5.41) is 3.37. The minimum Gasteiger partial charge on any atom is -0.353 e. The van der Waals surface area contributed by atoms with Crippen LogP contribution in [0.3, 0.4) is 0 Å². The number of nitrogens with two attached hydrogens (primary N) is 1. The number of nitrogens with zero attached hydrogens (tertiary/aromatic N) is 1. The Labute approximate surface area is 119 Å². The zero-order valence-electron chi connectivity index (χ0n) is 11.8. The lowest BCUT2D eigenvalue weighted by Crippen LogP contribution is -2.46. The van der Waals surface area contributed by atoms with E-state index in [4.69, 9.17) is 5.84 Å². The van der Waals surface area contributed by atoms with E-state index in [2.05, 4.69) is 41.7 Å². The van der Waals surface area contributed by atoms with Crippen molar-refractivity contribution in [3.63, 3.8) is 0 Å². The maximum atomic E-state index is 5.56. The van der Waals surface area contributed by atoms with E-state index >= 15 is 0 Å². The van der Waals surface area contributed by atoms with Gasteiger partial charge in [0.05, 0.1) is 6.04 Å². The maximum absolute atomic E-state index is 5.56. The third kappa shape index (κ3) is 4.51. The van der Waals surface area contributed by atoms with Crippen LogP contribution in [0.5, 0.6) is 0 Å². The predicted molar refractivity (Wildman–Crippen MR) is 82.4 cm³/mol.